The molecule has 1 heterocycles. The van der Waals surface area contributed by atoms with Crippen LogP contribution in [0.4, 0.5) is 0 Å². The summed E-state index contributed by atoms with van der Waals surface area (Å²) >= 11 is 3.54. The maximum absolute atomic E-state index is 11.9. The highest BCUT2D eigenvalue weighted by molar-refractivity contribution is 9.10. The third-order valence-corrected chi connectivity index (χ3v) is 5.25. The Bertz CT molecular complexity index is 749. The van der Waals surface area contributed by atoms with Crippen LogP contribution in [0.3, 0.4) is 0 Å². The molecule has 1 fully saturated rings. The molecule has 2 atom stereocenters. The Hall–Kier alpha value is -1.85. The quantitative estimate of drug-likeness (QED) is 0.798. The maximum atomic E-state index is 11.9. The topological polar surface area (TPSA) is 49.8 Å². The number of likely N-dealkylation sites (tertiary alicyclic amines) is 1. The average Bonchev–Trinajstić information content (AvgIpc) is 2.63. The summed E-state index contributed by atoms with van der Waals surface area (Å²) in [7, 11) is 1.65. The van der Waals surface area contributed by atoms with Gasteiger partial charge in [-0.15, -0.1) is 0 Å². The van der Waals surface area contributed by atoms with Crippen molar-refractivity contribution in [3.63, 3.8) is 0 Å². The normalized spacial score (nSPS) is 19.4. The second kappa shape index (κ2) is 8.02. The Morgan fingerprint density at radius 2 is 2.04 bits per heavy atom. The number of nitrogens with zero attached hydrogens (tertiary/aromatic N) is 1. The van der Waals surface area contributed by atoms with E-state index in [1.807, 2.05) is 36.4 Å². The minimum absolute atomic E-state index is 0.157. The second-order valence-corrected chi connectivity index (χ2v) is 7.20. The first-order valence-electron chi connectivity index (χ1n) is 8.48. The molecule has 0 bridgehead atoms. The monoisotopic (exact) mass is 403 g/mol. The first-order valence-corrected chi connectivity index (χ1v) is 9.28. The van der Waals surface area contributed by atoms with Gasteiger partial charge in [-0.3, -0.25) is 9.69 Å². The van der Waals surface area contributed by atoms with Crippen LogP contribution in [0.2, 0.25) is 0 Å². The highest BCUT2D eigenvalue weighted by Crippen LogP contribution is 2.38. The van der Waals surface area contributed by atoms with Crippen LogP contribution in [0.1, 0.15) is 36.4 Å². The number of benzene rings is 2. The molecule has 0 amide bonds. The molecule has 0 aliphatic carbocycles. The molecule has 1 N–H and O–H groups in total. The van der Waals surface area contributed by atoms with E-state index >= 15 is 0 Å². The van der Waals surface area contributed by atoms with E-state index in [0.717, 1.165) is 40.7 Å². The minimum atomic E-state index is -0.755. The minimum Gasteiger partial charge on any atom is -0.496 e. The van der Waals surface area contributed by atoms with Gasteiger partial charge in [-0.05, 0) is 43.1 Å². The number of piperidine rings is 1. The molecular weight excluding hydrogens is 382 g/mol. The number of rotatable bonds is 5. The Labute approximate surface area is 156 Å². The van der Waals surface area contributed by atoms with E-state index < -0.39 is 12.0 Å². The van der Waals surface area contributed by atoms with E-state index in [1.165, 1.54) is 0 Å². The first-order chi connectivity index (χ1) is 12.1. The molecule has 4 nitrogen and oxygen atoms in total. The van der Waals surface area contributed by atoms with Crippen molar-refractivity contribution in [3.8, 4) is 5.75 Å². The molecule has 5 heteroatoms. The summed E-state index contributed by atoms with van der Waals surface area (Å²) in [4.78, 5) is 14.0. The number of para-hydroxylation sites is 1. The van der Waals surface area contributed by atoms with Gasteiger partial charge in [0.2, 0.25) is 0 Å². The van der Waals surface area contributed by atoms with E-state index in [9.17, 15) is 9.90 Å². The van der Waals surface area contributed by atoms with Gasteiger partial charge < -0.3 is 9.84 Å². The predicted octanol–water partition coefficient (Wildman–Crippen LogP) is 4.49. The van der Waals surface area contributed by atoms with E-state index in [-0.39, 0.29) is 6.04 Å². The van der Waals surface area contributed by atoms with Crippen LogP contribution in [0.25, 0.3) is 0 Å². The Kier molecular flexibility index (Phi) is 5.76. The van der Waals surface area contributed by atoms with Crippen LogP contribution >= 0.6 is 15.9 Å². The number of hydrogen-bond acceptors (Lipinski definition) is 3. The van der Waals surface area contributed by atoms with Crippen molar-refractivity contribution in [2.75, 3.05) is 13.7 Å². The molecule has 132 valence electrons. The largest absolute Gasteiger partial charge is 0.496 e. The molecule has 0 radical (unpaired) electrons. The highest BCUT2D eigenvalue weighted by atomic mass is 79.9. The molecule has 0 saturated carbocycles. The van der Waals surface area contributed by atoms with Crippen LogP contribution in [-0.2, 0) is 4.79 Å². The molecule has 0 aromatic heterocycles. The molecule has 1 aliphatic heterocycles. The fourth-order valence-electron chi connectivity index (χ4n) is 3.65. The SMILES string of the molecule is COc1ccccc1C(c1cccc(Br)c1)N1CCCCC1C(=O)O. The van der Waals surface area contributed by atoms with Crippen LogP contribution in [0, 0.1) is 0 Å². The Morgan fingerprint density at radius 3 is 2.76 bits per heavy atom. The lowest BCUT2D eigenvalue weighted by Crippen LogP contribution is -2.46. The smallest absolute Gasteiger partial charge is 0.320 e. The molecule has 1 aliphatic rings. The summed E-state index contributed by atoms with van der Waals surface area (Å²) in [5.74, 6) is 0.0248. The van der Waals surface area contributed by atoms with E-state index in [4.69, 9.17) is 4.74 Å². The Balaban J connectivity index is 2.13. The lowest BCUT2D eigenvalue weighted by Gasteiger charge is -2.40. The number of carboxylic acid groups (broad SMARTS) is 1. The first kappa shape index (κ1) is 18.0. The standard InChI is InChI=1S/C20H22BrNO3/c1-25-18-11-3-2-9-16(18)19(14-7-6-8-15(21)13-14)22-12-5-4-10-17(22)20(23)24/h2-3,6-9,11,13,17,19H,4-5,10,12H2,1H3,(H,23,24). The lowest BCUT2D eigenvalue weighted by molar-refractivity contribution is -0.145. The third-order valence-electron chi connectivity index (χ3n) is 4.76. The number of carboxylic acids is 1. The fourth-order valence-corrected chi connectivity index (χ4v) is 4.06. The third kappa shape index (κ3) is 3.88. The van der Waals surface area contributed by atoms with Crippen molar-refractivity contribution in [2.45, 2.75) is 31.3 Å². The summed E-state index contributed by atoms with van der Waals surface area (Å²) in [6.07, 6.45) is 2.63. The van der Waals surface area contributed by atoms with Gasteiger partial charge in [0.05, 0.1) is 13.2 Å². The predicted molar refractivity (Wildman–Crippen MR) is 101 cm³/mol. The van der Waals surface area contributed by atoms with Gasteiger partial charge in [0.25, 0.3) is 0 Å². The van der Waals surface area contributed by atoms with Crippen LogP contribution in [-0.4, -0.2) is 35.7 Å². The van der Waals surface area contributed by atoms with Crippen LogP contribution in [0.15, 0.2) is 53.0 Å². The van der Waals surface area contributed by atoms with Crippen molar-refractivity contribution in [1.82, 2.24) is 4.90 Å². The molecule has 25 heavy (non-hydrogen) atoms. The molecule has 2 aromatic carbocycles. The molecule has 0 spiro atoms. The van der Waals surface area contributed by atoms with Gasteiger partial charge in [-0.25, -0.2) is 0 Å². The average molecular weight is 404 g/mol. The number of methoxy groups -OCH3 is 1. The van der Waals surface area contributed by atoms with Gasteiger partial charge in [-0.1, -0.05) is 52.7 Å². The second-order valence-electron chi connectivity index (χ2n) is 6.29. The summed E-state index contributed by atoms with van der Waals surface area (Å²) in [5.41, 5.74) is 2.06. The summed E-state index contributed by atoms with van der Waals surface area (Å²) < 4.78 is 6.56. The van der Waals surface area contributed by atoms with Crippen molar-refractivity contribution in [2.24, 2.45) is 0 Å². The summed E-state index contributed by atoms with van der Waals surface area (Å²) in [5, 5.41) is 9.75. The van der Waals surface area contributed by atoms with Crippen LogP contribution < -0.4 is 4.74 Å². The molecule has 1 saturated heterocycles. The van der Waals surface area contributed by atoms with E-state index in [0.29, 0.717) is 6.42 Å². The number of carbonyl (C=O) groups is 1. The van der Waals surface area contributed by atoms with Crippen molar-refractivity contribution in [1.29, 1.82) is 0 Å². The number of ether oxygens (including phenoxy) is 1. The summed E-state index contributed by atoms with van der Waals surface area (Å²) in [6, 6.07) is 15.3. The molecule has 2 unspecified atom stereocenters. The molecular formula is C20H22BrNO3. The van der Waals surface area contributed by atoms with Crippen molar-refractivity contribution >= 4 is 21.9 Å². The number of hydrogen-bond donors (Lipinski definition) is 1. The Morgan fingerprint density at radius 1 is 1.24 bits per heavy atom. The van der Waals surface area contributed by atoms with Crippen molar-refractivity contribution in [3.05, 3.63) is 64.1 Å². The fraction of sp³-hybridized carbons (Fsp3) is 0.350. The number of halogens is 1. The van der Waals surface area contributed by atoms with E-state index in [1.54, 1.807) is 7.11 Å². The van der Waals surface area contributed by atoms with Crippen LogP contribution in [0.5, 0.6) is 5.75 Å². The van der Waals surface area contributed by atoms with Gasteiger partial charge >= 0.3 is 5.97 Å². The zero-order chi connectivity index (χ0) is 17.8. The summed E-state index contributed by atoms with van der Waals surface area (Å²) in [6.45, 7) is 0.756. The molecule has 2 aromatic rings. The lowest BCUT2D eigenvalue weighted by atomic mass is 9.91. The highest BCUT2D eigenvalue weighted by Gasteiger charge is 2.36. The van der Waals surface area contributed by atoms with Gasteiger partial charge in [0, 0.05) is 10.0 Å². The van der Waals surface area contributed by atoms with Gasteiger partial charge in [-0.2, -0.15) is 0 Å². The maximum Gasteiger partial charge on any atom is 0.320 e. The van der Waals surface area contributed by atoms with Gasteiger partial charge in [0.15, 0.2) is 0 Å². The molecule has 3 rings (SSSR count). The zero-order valence-electron chi connectivity index (χ0n) is 14.2. The van der Waals surface area contributed by atoms with Gasteiger partial charge in [0.1, 0.15) is 11.8 Å². The number of aliphatic carboxylic acids is 1. The van der Waals surface area contributed by atoms with Crippen molar-refractivity contribution < 1.29 is 14.6 Å². The zero-order valence-corrected chi connectivity index (χ0v) is 15.8. The van der Waals surface area contributed by atoms with E-state index in [2.05, 4.69) is 33.0 Å².